The number of hydrogen-bond donors (Lipinski definition) is 0. The Bertz CT molecular complexity index is 772. The van der Waals surface area contributed by atoms with Crippen molar-refractivity contribution in [1.29, 1.82) is 0 Å². The van der Waals surface area contributed by atoms with Crippen molar-refractivity contribution in [1.82, 2.24) is 4.90 Å². The van der Waals surface area contributed by atoms with E-state index in [4.69, 9.17) is 4.99 Å². The quantitative estimate of drug-likeness (QED) is 0.352. The zero-order chi connectivity index (χ0) is 21.8. The van der Waals surface area contributed by atoms with E-state index in [-0.39, 0.29) is 14.0 Å². The highest BCUT2D eigenvalue weighted by Gasteiger charge is 2.38. The van der Waals surface area contributed by atoms with Crippen LogP contribution < -0.4 is 5.30 Å². The predicted molar refractivity (Wildman–Crippen MR) is 136 cm³/mol. The maximum atomic E-state index is 12.4. The van der Waals surface area contributed by atoms with Crippen LogP contribution in [0, 0.1) is 5.92 Å². The summed E-state index contributed by atoms with van der Waals surface area (Å²) < 4.78 is 0. The highest BCUT2D eigenvalue weighted by Crippen LogP contribution is 2.55. The molecule has 0 saturated heterocycles. The van der Waals surface area contributed by atoms with Gasteiger partial charge in [0.1, 0.15) is 5.84 Å². The van der Waals surface area contributed by atoms with Gasteiger partial charge >= 0.3 is 0 Å². The second-order valence-corrected chi connectivity index (χ2v) is 13.4. The summed E-state index contributed by atoms with van der Waals surface area (Å²) in [6.45, 7) is 0.803. The molecule has 1 aromatic rings. The minimum absolute atomic E-state index is 0.205. The molecule has 32 heavy (non-hydrogen) atoms. The van der Waals surface area contributed by atoms with Crippen molar-refractivity contribution >= 4 is 25.5 Å². The van der Waals surface area contributed by atoms with Crippen molar-refractivity contribution in [2.24, 2.45) is 10.9 Å². The monoisotopic (exact) mass is 452 g/mol. The lowest BCUT2D eigenvalue weighted by molar-refractivity contribution is -0.116. The second-order valence-electron chi connectivity index (χ2n) is 10.7. The van der Waals surface area contributed by atoms with Crippen molar-refractivity contribution in [2.75, 3.05) is 6.54 Å². The number of hydrogen-bond acceptors (Lipinski definition) is 2. The van der Waals surface area contributed by atoms with Crippen LogP contribution in [0.1, 0.15) is 102 Å². The summed E-state index contributed by atoms with van der Waals surface area (Å²) in [6.07, 6.45) is 21.7. The van der Waals surface area contributed by atoms with Gasteiger partial charge in [0.05, 0.1) is 12.6 Å². The average Bonchev–Trinajstić information content (AvgIpc) is 3.30. The third-order valence-corrected chi connectivity index (χ3v) is 12.2. The van der Waals surface area contributed by atoms with Gasteiger partial charge in [-0.25, -0.2) is 0 Å². The smallest absolute Gasteiger partial charge is 0.215 e. The van der Waals surface area contributed by atoms with Crippen LogP contribution in [0.2, 0.25) is 0 Å². The topological polar surface area (TPSA) is 32.7 Å². The summed E-state index contributed by atoms with van der Waals surface area (Å²) >= 11 is 0. The molecule has 1 aromatic carbocycles. The first-order chi connectivity index (χ1) is 15.9. The third-order valence-electron chi connectivity index (χ3n) is 8.70. The lowest BCUT2D eigenvalue weighted by atomic mass is 9.83. The molecule has 1 aliphatic heterocycles. The Labute approximate surface area is 196 Å². The van der Waals surface area contributed by atoms with Gasteiger partial charge in [-0.05, 0) is 61.1 Å². The number of nitrogens with zero attached hydrogens (tertiary/aromatic N) is 2. The zero-order valence-electron chi connectivity index (χ0n) is 19.8. The van der Waals surface area contributed by atoms with E-state index in [1.807, 2.05) is 4.90 Å². The number of benzene rings is 1. The SMILES string of the molecule is O=CN1C(c2ccccc2P(C2CCCCC2)C2CCCCC2)=NC[C@H]1C1CCCCC1. The van der Waals surface area contributed by atoms with Crippen LogP contribution >= 0.6 is 7.92 Å². The molecule has 4 aliphatic rings. The van der Waals surface area contributed by atoms with Crippen LogP contribution in [0.3, 0.4) is 0 Å². The molecule has 0 radical (unpaired) electrons. The van der Waals surface area contributed by atoms with Crippen LogP contribution in [0.15, 0.2) is 29.3 Å². The molecule has 1 atom stereocenters. The fraction of sp³-hybridized carbons (Fsp3) is 0.714. The molecule has 3 fully saturated rings. The maximum absolute atomic E-state index is 12.4. The number of aliphatic imine (C=N–C) groups is 1. The van der Waals surface area contributed by atoms with E-state index in [1.54, 1.807) is 5.30 Å². The molecule has 0 aromatic heterocycles. The van der Waals surface area contributed by atoms with Crippen LogP contribution in [-0.2, 0) is 4.79 Å². The summed E-state index contributed by atoms with van der Waals surface area (Å²) in [5.41, 5.74) is 3.02. The van der Waals surface area contributed by atoms with Crippen LogP contribution in [0.4, 0.5) is 0 Å². The first kappa shape index (κ1) is 22.6. The van der Waals surface area contributed by atoms with Crippen molar-refractivity contribution in [3.05, 3.63) is 29.8 Å². The molecule has 1 heterocycles. The van der Waals surface area contributed by atoms with E-state index in [2.05, 4.69) is 24.3 Å². The van der Waals surface area contributed by atoms with Crippen LogP contribution in [0.25, 0.3) is 0 Å². The Balaban J connectivity index is 1.47. The predicted octanol–water partition coefficient (Wildman–Crippen LogP) is 6.63. The molecule has 3 nitrogen and oxygen atoms in total. The number of amides is 1. The summed E-state index contributed by atoms with van der Waals surface area (Å²) in [6, 6.07) is 9.41. The number of carbonyl (C=O) groups excluding carboxylic acids is 1. The Morgan fingerprint density at radius 1 is 0.781 bits per heavy atom. The lowest BCUT2D eigenvalue weighted by Crippen LogP contribution is -2.43. The highest BCUT2D eigenvalue weighted by molar-refractivity contribution is 7.67. The number of rotatable bonds is 6. The Morgan fingerprint density at radius 2 is 1.34 bits per heavy atom. The molecule has 0 spiro atoms. The van der Waals surface area contributed by atoms with E-state index >= 15 is 0 Å². The molecular formula is C28H41N2OP. The molecule has 5 rings (SSSR count). The summed E-state index contributed by atoms with van der Waals surface area (Å²) in [7, 11) is -0.205. The molecular weight excluding hydrogens is 411 g/mol. The molecule has 0 unspecified atom stereocenters. The summed E-state index contributed by atoms with van der Waals surface area (Å²) in [5, 5.41) is 1.57. The minimum Gasteiger partial charge on any atom is -0.294 e. The Morgan fingerprint density at radius 3 is 1.94 bits per heavy atom. The van der Waals surface area contributed by atoms with Gasteiger partial charge in [-0.2, -0.15) is 0 Å². The molecule has 3 saturated carbocycles. The fourth-order valence-corrected chi connectivity index (χ4v) is 11.0. The Kier molecular flexibility index (Phi) is 7.63. The maximum Gasteiger partial charge on any atom is 0.215 e. The van der Waals surface area contributed by atoms with E-state index in [1.165, 1.54) is 102 Å². The lowest BCUT2D eigenvalue weighted by Gasteiger charge is -2.40. The number of amidine groups is 1. The summed E-state index contributed by atoms with van der Waals surface area (Å²) in [5.74, 6) is 1.62. The van der Waals surface area contributed by atoms with Gasteiger partial charge in [0.15, 0.2) is 0 Å². The van der Waals surface area contributed by atoms with E-state index < -0.39 is 0 Å². The normalized spacial score (nSPS) is 26.5. The van der Waals surface area contributed by atoms with Crippen LogP contribution in [0.5, 0.6) is 0 Å². The van der Waals surface area contributed by atoms with Gasteiger partial charge in [-0.15, -0.1) is 0 Å². The first-order valence-corrected chi connectivity index (χ1v) is 15.0. The highest BCUT2D eigenvalue weighted by atomic mass is 31.1. The van der Waals surface area contributed by atoms with Gasteiger partial charge < -0.3 is 0 Å². The van der Waals surface area contributed by atoms with Crippen LogP contribution in [-0.4, -0.2) is 41.1 Å². The molecule has 3 aliphatic carbocycles. The van der Waals surface area contributed by atoms with Crippen molar-refractivity contribution in [2.45, 2.75) is 114 Å². The van der Waals surface area contributed by atoms with Gasteiger partial charge in [0.25, 0.3) is 0 Å². The molecule has 0 bridgehead atoms. The van der Waals surface area contributed by atoms with E-state index in [0.29, 0.717) is 5.92 Å². The van der Waals surface area contributed by atoms with Crippen molar-refractivity contribution < 1.29 is 4.79 Å². The first-order valence-electron chi connectivity index (χ1n) is 13.5. The second kappa shape index (κ2) is 10.8. The van der Waals surface area contributed by atoms with Crippen molar-refractivity contribution in [3.63, 3.8) is 0 Å². The third kappa shape index (κ3) is 4.70. The average molecular weight is 453 g/mol. The fourth-order valence-electron chi connectivity index (χ4n) is 7.05. The van der Waals surface area contributed by atoms with Gasteiger partial charge in [0, 0.05) is 5.56 Å². The zero-order valence-corrected chi connectivity index (χ0v) is 20.7. The Hall–Kier alpha value is -1.21. The standard InChI is InChI=1S/C28H41N2OP/c31-21-30-26(22-12-4-1-5-13-22)20-29-28(30)25-18-10-11-19-27(25)32(23-14-6-2-7-15-23)24-16-8-3-9-17-24/h10-11,18-19,21-24,26H,1-9,12-17,20H2/t26-/m0/s1. The van der Waals surface area contributed by atoms with Gasteiger partial charge in [-0.3, -0.25) is 14.7 Å². The largest absolute Gasteiger partial charge is 0.294 e. The van der Waals surface area contributed by atoms with E-state index in [0.717, 1.165) is 30.1 Å². The molecule has 174 valence electrons. The van der Waals surface area contributed by atoms with Gasteiger partial charge in [0.2, 0.25) is 6.41 Å². The molecule has 0 N–H and O–H groups in total. The van der Waals surface area contributed by atoms with E-state index in [9.17, 15) is 4.79 Å². The molecule has 4 heteroatoms. The van der Waals surface area contributed by atoms with Gasteiger partial charge in [-0.1, -0.05) is 90.0 Å². The molecule has 1 amide bonds. The van der Waals surface area contributed by atoms with Crippen molar-refractivity contribution in [3.8, 4) is 0 Å². The summed E-state index contributed by atoms with van der Waals surface area (Å²) in [4.78, 5) is 19.5. The number of carbonyl (C=O) groups is 1. The minimum atomic E-state index is -0.205.